The molecular formula is C15H9ClF2N2O3. The monoisotopic (exact) mass is 338 g/mol. The molecule has 0 aliphatic rings. The van der Waals surface area contributed by atoms with Crippen LogP contribution >= 0.6 is 11.6 Å². The SMILES string of the molecule is O=C(O)c1oc(Cc2cc(F)c3ncc(Cl)cc3c2)nc1CF. The molecule has 0 fully saturated rings. The summed E-state index contributed by atoms with van der Waals surface area (Å²) in [5.74, 6) is -2.51. The average molecular weight is 339 g/mol. The third kappa shape index (κ3) is 3.00. The van der Waals surface area contributed by atoms with E-state index in [-0.39, 0.29) is 23.5 Å². The van der Waals surface area contributed by atoms with Crippen LogP contribution in [-0.4, -0.2) is 21.0 Å². The van der Waals surface area contributed by atoms with Crippen molar-refractivity contribution in [3.63, 3.8) is 0 Å². The number of aromatic carboxylic acids is 1. The van der Waals surface area contributed by atoms with E-state index in [0.717, 1.165) is 0 Å². The zero-order valence-electron chi connectivity index (χ0n) is 11.5. The smallest absolute Gasteiger partial charge is 0.373 e. The van der Waals surface area contributed by atoms with E-state index in [4.69, 9.17) is 21.1 Å². The maximum absolute atomic E-state index is 14.0. The van der Waals surface area contributed by atoms with Gasteiger partial charge in [0.25, 0.3) is 0 Å². The number of carbonyl (C=O) groups is 1. The number of nitrogens with zero attached hydrogens (tertiary/aromatic N) is 2. The summed E-state index contributed by atoms with van der Waals surface area (Å²) in [6.45, 7) is -1.06. The molecule has 1 N–H and O–H groups in total. The van der Waals surface area contributed by atoms with Gasteiger partial charge >= 0.3 is 5.97 Å². The van der Waals surface area contributed by atoms with Gasteiger partial charge in [-0.15, -0.1) is 0 Å². The zero-order valence-corrected chi connectivity index (χ0v) is 12.3. The van der Waals surface area contributed by atoms with E-state index in [2.05, 4.69) is 9.97 Å². The van der Waals surface area contributed by atoms with Crippen molar-refractivity contribution in [2.45, 2.75) is 13.1 Å². The number of carboxylic acid groups (broad SMARTS) is 1. The zero-order chi connectivity index (χ0) is 16.6. The lowest BCUT2D eigenvalue weighted by atomic mass is 10.1. The first-order valence-electron chi connectivity index (χ1n) is 6.49. The van der Waals surface area contributed by atoms with Crippen LogP contribution in [0.15, 0.2) is 28.8 Å². The predicted octanol–water partition coefficient (Wildman–Crippen LogP) is 3.77. The van der Waals surface area contributed by atoms with E-state index >= 15 is 0 Å². The molecule has 23 heavy (non-hydrogen) atoms. The molecule has 2 aromatic heterocycles. The van der Waals surface area contributed by atoms with Gasteiger partial charge in [-0.3, -0.25) is 4.98 Å². The minimum Gasteiger partial charge on any atom is -0.475 e. The van der Waals surface area contributed by atoms with Crippen molar-refractivity contribution in [1.29, 1.82) is 0 Å². The molecule has 3 aromatic rings. The van der Waals surface area contributed by atoms with Crippen LogP contribution in [0.5, 0.6) is 0 Å². The molecule has 0 spiro atoms. The van der Waals surface area contributed by atoms with Gasteiger partial charge in [0.15, 0.2) is 5.89 Å². The summed E-state index contributed by atoms with van der Waals surface area (Å²) in [5.41, 5.74) is 0.349. The molecule has 3 rings (SSSR count). The van der Waals surface area contributed by atoms with E-state index in [1.807, 2.05) is 0 Å². The number of carboxylic acids is 1. The molecule has 0 aliphatic heterocycles. The van der Waals surface area contributed by atoms with Gasteiger partial charge in [-0.05, 0) is 23.8 Å². The lowest BCUT2D eigenvalue weighted by Gasteiger charge is -2.03. The largest absolute Gasteiger partial charge is 0.475 e. The number of benzene rings is 1. The Labute approximate surface area is 133 Å². The maximum atomic E-state index is 14.0. The summed E-state index contributed by atoms with van der Waals surface area (Å²) in [4.78, 5) is 18.6. The van der Waals surface area contributed by atoms with Crippen molar-refractivity contribution in [2.24, 2.45) is 0 Å². The van der Waals surface area contributed by atoms with Gasteiger partial charge < -0.3 is 9.52 Å². The van der Waals surface area contributed by atoms with E-state index in [1.54, 1.807) is 12.1 Å². The molecule has 0 amide bonds. The molecule has 0 bridgehead atoms. The van der Waals surface area contributed by atoms with E-state index < -0.39 is 24.2 Å². The molecule has 2 heterocycles. The van der Waals surface area contributed by atoms with Crippen LogP contribution in [0.1, 0.15) is 27.7 Å². The number of rotatable bonds is 4. The summed E-state index contributed by atoms with van der Waals surface area (Å²) in [5, 5.41) is 9.76. The Bertz CT molecular complexity index is 911. The fourth-order valence-corrected chi connectivity index (χ4v) is 2.41. The second kappa shape index (κ2) is 5.92. The number of halogens is 3. The van der Waals surface area contributed by atoms with Crippen LogP contribution in [0.4, 0.5) is 8.78 Å². The van der Waals surface area contributed by atoms with Crippen molar-refractivity contribution >= 4 is 28.5 Å². The third-order valence-corrected chi connectivity index (χ3v) is 3.39. The molecule has 1 aromatic carbocycles. The second-order valence-electron chi connectivity index (χ2n) is 4.80. The molecule has 0 saturated heterocycles. The summed E-state index contributed by atoms with van der Waals surface area (Å²) in [6.07, 6.45) is 1.35. The number of fused-ring (bicyclic) bond motifs is 1. The fraction of sp³-hybridized carbons (Fsp3) is 0.133. The average Bonchev–Trinajstić information content (AvgIpc) is 2.90. The quantitative estimate of drug-likeness (QED) is 0.783. The summed E-state index contributed by atoms with van der Waals surface area (Å²) in [7, 11) is 0. The lowest BCUT2D eigenvalue weighted by Crippen LogP contribution is -1.97. The Morgan fingerprint density at radius 2 is 2.13 bits per heavy atom. The first kappa shape index (κ1) is 15.4. The van der Waals surface area contributed by atoms with Gasteiger partial charge in [0.2, 0.25) is 5.76 Å². The fourth-order valence-electron chi connectivity index (χ4n) is 2.25. The van der Waals surface area contributed by atoms with Crippen molar-refractivity contribution in [2.75, 3.05) is 0 Å². The molecular weight excluding hydrogens is 330 g/mol. The number of aromatic nitrogens is 2. The Morgan fingerprint density at radius 3 is 2.78 bits per heavy atom. The Hall–Kier alpha value is -2.54. The van der Waals surface area contributed by atoms with Gasteiger partial charge in [0.1, 0.15) is 23.7 Å². The Kier molecular flexibility index (Phi) is 3.96. The van der Waals surface area contributed by atoms with Crippen LogP contribution in [0.25, 0.3) is 10.9 Å². The highest BCUT2D eigenvalue weighted by molar-refractivity contribution is 6.31. The van der Waals surface area contributed by atoms with Crippen molar-refractivity contribution in [3.8, 4) is 0 Å². The van der Waals surface area contributed by atoms with E-state index in [9.17, 15) is 13.6 Å². The number of hydrogen-bond acceptors (Lipinski definition) is 4. The lowest BCUT2D eigenvalue weighted by molar-refractivity contribution is 0.0657. The molecule has 8 heteroatoms. The molecule has 0 saturated carbocycles. The Balaban J connectivity index is 2.00. The van der Waals surface area contributed by atoms with Gasteiger partial charge in [-0.25, -0.2) is 18.6 Å². The first-order valence-corrected chi connectivity index (χ1v) is 6.87. The van der Waals surface area contributed by atoms with Gasteiger partial charge in [0, 0.05) is 18.0 Å². The van der Waals surface area contributed by atoms with Crippen molar-refractivity contribution in [1.82, 2.24) is 9.97 Å². The molecule has 0 aliphatic carbocycles. The minimum absolute atomic E-state index is 0.0104. The van der Waals surface area contributed by atoms with Crippen LogP contribution < -0.4 is 0 Å². The van der Waals surface area contributed by atoms with E-state index in [0.29, 0.717) is 16.0 Å². The number of hydrogen-bond donors (Lipinski definition) is 1. The topological polar surface area (TPSA) is 76.2 Å². The highest BCUT2D eigenvalue weighted by Gasteiger charge is 2.19. The predicted molar refractivity (Wildman–Crippen MR) is 77.8 cm³/mol. The highest BCUT2D eigenvalue weighted by atomic mass is 35.5. The van der Waals surface area contributed by atoms with Crippen molar-refractivity contribution in [3.05, 3.63) is 58.1 Å². The molecule has 0 unspecified atom stereocenters. The summed E-state index contributed by atoms with van der Waals surface area (Å²) >= 11 is 5.84. The Morgan fingerprint density at radius 1 is 1.35 bits per heavy atom. The maximum Gasteiger partial charge on any atom is 0.373 e. The van der Waals surface area contributed by atoms with Crippen LogP contribution in [0, 0.1) is 5.82 Å². The van der Waals surface area contributed by atoms with E-state index in [1.165, 1.54) is 12.3 Å². The molecule has 5 nitrogen and oxygen atoms in total. The summed E-state index contributed by atoms with van der Waals surface area (Å²) < 4.78 is 31.8. The number of alkyl halides is 1. The van der Waals surface area contributed by atoms with Crippen LogP contribution in [-0.2, 0) is 13.1 Å². The number of oxazole rings is 1. The third-order valence-electron chi connectivity index (χ3n) is 3.18. The first-order chi connectivity index (χ1) is 11.0. The second-order valence-corrected chi connectivity index (χ2v) is 5.24. The van der Waals surface area contributed by atoms with Gasteiger partial charge in [-0.1, -0.05) is 11.6 Å². The summed E-state index contributed by atoms with van der Waals surface area (Å²) in [6, 6.07) is 4.43. The minimum atomic E-state index is -1.41. The standard InChI is InChI=1S/C15H9ClF2N2O3/c16-9-4-8-1-7(2-10(18)13(8)19-6-9)3-12-20-11(5-17)14(23-12)15(21)22/h1-2,4,6H,3,5H2,(H,21,22). The highest BCUT2D eigenvalue weighted by Crippen LogP contribution is 2.23. The van der Waals surface area contributed by atoms with Crippen molar-refractivity contribution < 1.29 is 23.1 Å². The number of pyridine rings is 1. The normalized spacial score (nSPS) is 11.1. The van der Waals surface area contributed by atoms with Gasteiger partial charge in [0.05, 0.1) is 5.02 Å². The molecule has 0 atom stereocenters. The van der Waals surface area contributed by atoms with Crippen LogP contribution in [0.2, 0.25) is 5.02 Å². The van der Waals surface area contributed by atoms with Crippen LogP contribution in [0.3, 0.4) is 0 Å². The molecule has 118 valence electrons. The van der Waals surface area contributed by atoms with Gasteiger partial charge in [-0.2, -0.15) is 0 Å². The molecule has 0 radical (unpaired) electrons.